The van der Waals surface area contributed by atoms with Gasteiger partial charge >= 0.3 is 0 Å². The number of carbonyl (C=O) groups excluding carboxylic acids is 1. The summed E-state index contributed by atoms with van der Waals surface area (Å²) in [5, 5.41) is 0. The summed E-state index contributed by atoms with van der Waals surface area (Å²) in [5.41, 5.74) is 6.15. The Hall–Kier alpha value is -0.780. The van der Waals surface area contributed by atoms with Crippen LogP contribution in [0.3, 0.4) is 0 Å². The Morgan fingerprint density at radius 1 is 1.53 bits per heavy atom. The zero-order valence-electron chi connectivity index (χ0n) is 9.16. The Morgan fingerprint density at radius 2 is 2.29 bits per heavy atom. The highest BCUT2D eigenvalue weighted by Crippen LogP contribution is 2.19. The van der Waals surface area contributed by atoms with E-state index in [4.69, 9.17) is 10.5 Å². The number of ketones is 1. The van der Waals surface area contributed by atoms with Crippen LogP contribution in [0.5, 0.6) is 0 Å². The van der Waals surface area contributed by atoms with Gasteiger partial charge in [0.1, 0.15) is 11.6 Å². The molecule has 0 aliphatic carbocycles. The van der Waals surface area contributed by atoms with Crippen LogP contribution in [0.25, 0.3) is 0 Å². The number of nitrogens with two attached hydrogens (primary N) is 1. The van der Waals surface area contributed by atoms with Crippen LogP contribution in [0.4, 0.5) is 4.39 Å². The molecule has 2 rings (SSSR count). The molecule has 1 aliphatic rings. The van der Waals surface area contributed by atoms with E-state index in [2.05, 4.69) is 15.9 Å². The van der Waals surface area contributed by atoms with Gasteiger partial charge in [0.15, 0.2) is 0 Å². The molecule has 0 amide bonds. The topological polar surface area (TPSA) is 52.3 Å². The lowest BCUT2D eigenvalue weighted by molar-refractivity contribution is -0.122. The third-order valence-electron chi connectivity index (χ3n) is 2.92. The Labute approximate surface area is 107 Å². The molecule has 1 aromatic rings. The number of carbonyl (C=O) groups is 1. The van der Waals surface area contributed by atoms with Gasteiger partial charge in [0, 0.05) is 16.9 Å². The number of rotatable bonds is 3. The second-order valence-electron chi connectivity index (χ2n) is 4.19. The fourth-order valence-electron chi connectivity index (χ4n) is 1.89. The number of Topliss-reactive ketones (excluding diaryl/α,β-unsaturated/α-hetero) is 1. The Morgan fingerprint density at radius 3 is 2.88 bits per heavy atom. The molecule has 1 heterocycles. The van der Waals surface area contributed by atoms with Crippen LogP contribution in [-0.2, 0) is 16.0 Å². The summed E-state index contributed by atoms with van der Waals surface area (Å²) in [6, 6.07) is 4.42. The monoisotopic (exact) mass is 301 g/mol. The largest absolute Gasteiger partial charge is 0.379 e. The van der Waals surface area contributed by atoms with Crippen molar-refractivity contribution >= 4 is 21.7 Å². The highest BCUT2D eigenvalue weighted by atomic mass is 79.9. The van der Waals surface area contributed by atoms with Crippen molar-refractivity contribution in [3.8, 4) is 0 Å². The lowest BCUT2D eigenvalue weighted by atomic mass is 9.94. The second-order valence-corrected chi connectivity index (χ2v) is 5.10. The van der Waals surface area contributed by atoms with Gasteiger partial charge in [-0.05, 0) is 17.7 Å². The van der Waals surface area contributed by atoms with Gasteiger partial charge in [0.2, 0.25) is 0 Å². The molecule has 1 aromatic carbocycles. The van der Waals surface area contributed by atoms with Crippen LogP contribution in [0.15, 0.2) is 22.7 Å². The van der Waals surface area contributed by atoms with Crippen LogP contribution in [0.2, 0.25) is 0 Å². The SMILES string of the molecule is NC1COCC1C(=O)Cc1ccc(Br)cc1F. The average molecular weight is 302 g/mol. The van der Waals surface area contributed by atoms with Gasteiger partial charge in [-0.25, -0.2) is 4.39 Å². The Kier molecular flexibility index (Phi) is 3.91. The smallest absolute Gasteiger partial charge is 0.144 e. The van der Waals surface area contributed by atoms with Crippen molar-refractivity contribution in [1.29, 1.82) is 0 Å². The molecule has 5 heteroatoms. The van der Waals surface area contributed by atoms with Gasteiger partial charge in [-0.2, -0.15) is 0 Å². The van der Waals surface area contributed by atoms with Crippen molar-refractivity contribution in [1.82, 2.24) is 0 Å². The van der Waals surface area contributed by atoms with Crippen LogP contribution in [0.1, 0.15) is 5.56 Å². The minimum absolute atomic E-state index is 0.0591. The number of ether oxygens (including phenoxy) is 1. The number of halogens is 2. The quantitative estimate of drug-likeness (QED) is 0.924. The van der Waals surface area contributed by atoms with E-state index in [1.54, 1.807) is 12.1 Å². The average Bonchev–Trinajstić information content (AvgIpc) is 2.68. The second kappa shape index (κ2) is 5.25. The molecule has 0 spiro atoms. The predicted molar refractivity (Wildman–Crippen MR) is 65.1 cm³/mol. The van der Waals surface area contributed by atoms with Crippen molar-refractivity contribution in [3.05, 3.63) is 34.1 Å². The zero-order valence-corrected chi connectivity index (χ0v) is 10.7. The van der Waals surface area contributed by atoms with Crippen molar-refractivity contribution < 1.29 is 13.9 Å². The molecule has 1 aliphatic heterocycles. The molecule has 2 N–H and O–H groups in total. The molecule has 1 fully saturated rings. The van der Waals surface area contributed by atoms with Gasteiger partial charge in [0.05, 0.1) is 19.1 Å². The first kappa shape index (κ1) is 12.7. The maximum absolute atomic E-state index is 13.6. The third kappa shape index (κ3) is 2.91. The van der Waals surface area contributed by atoms with Crippen LogP contribution >= 0.6 is 15.9 Å². The first-order valence-electron chi connectivity index (χ1n) is 5.38. The lowest BCUT2D eigenvalue weighted by Crippen LogP contribution is -2.35. The molecule has 0 radical (unpaired) electrons. The van der Waals surface area contributed by atoms with Crippen molar-refractivity contribution in [3.63, 3.8) is 0 Å². The molecule has 2 atom stereocenters. The van der Waals surface area contributed by atoms with Gasteiger partial charge in [-0.1, -0.05) is 22.0 Å². The first-order chi connectivity index (χ1) is 8.08. The number of benzene rings is 1. The summed E-state index contributed by atoms with van der Waals surface area (Å²) >= 11 is 3.17. The third-order valence-corrected chi connectivity index (χ3v) is 3.41. The highest BCUT2D eigenvalue weighted by Gasteiger charge is 2.31. The number of hydrogen-bond acceptors (Lipinski definition) is 3. The maximum Gasteiger partial charge on any atom is 0.144 e. The van der Waals surface area contributed by atoms with Crippen molar-refractivity contribution in [2.24, 2.45) is 11.7 Å². The maximum atomic E-state index is 13.6. The summed E-state index contributed by atoms with van der Waals surface area (Å²) in [6.07, 6.45) is 0.0703. The molecule has 3 nitrogen and oxygen atoms in total. The molecule has 17 heavy (non-hydrogen) atoms. The van der Waals surface area contributed by atoms with Gasteiger partial charge in [-0.3, -0.25) is 4.79 Å². The van der Waals surface area contributed by atoms with Gasteiger partial charge < -0.3 is 10.5 Å². The minimum Gasteiger partial charge on any atom is -0.379 e. The van der Waals surface area contributed by atoms with Crippen LogP contribution < -0.4 is 5.73 Å². The molecule has 0 bridgehead atoms. The predicted octanol–water partition coefficient (Wildman–Crippen LogP) is 1.67. The van der Waals surface area contributed by atoms with Crippen LogP contribution in [-0.4, -0.2) is 25.0 Å². The molecule has 92 valence electrons. The van der Waals surface area contributed by atoms with E-state index in [0.29, 0.717) is 23.2 Å². The fraction of sp³-hybridized carbons (Fsp3) is 0.417. The Bertz CT molecular complexity index is 439. The standard InChI is InChI=1S/C12H13BrFNO2/c13-8-2-1-7(10(14)4-8)3-12(16)9-5-17-6-11(9)15/h1-2,4,9,11H,3,5-6,15H2. The minimum atomic E-state index is -0.375. The van der Waals surface area contributed by atoms with E-state index in [0.717, 1.165) is 0 Å². The van der Waals surface area contributed by atoms with E-state index in [1.807, 2.05) is 0 Å². The molecule has 0 aromatic heterocycles. The summed E-state index contributed by atoms with van der Waals surface area (Å²) < 4.78 is 19.3. The van der Waals surface area contributed by atoms with Crippen LogP contribution in [0, 0.1) is 11.7 Å². The molecular formula is C12H13BrFNO2. The zero-order chi connectivity index (χ0) is 12.4. The van der Waals surface area contributed by atoms with E-state index in [1.165, 1.54) is 6.07 Å². The molecular weight excluding hydrogens is 289 g/mol. The number of hydrogen-bond donors (Lipinski definition) is 1. The van der Waals surface area contributed by atoms with E-state index >= 15 is 0 Å². The highest BCUT2D eigenvalue weighted by molar-refractivity contribution is 9.10. The van der Waals surface area contributed by atoms with Crippen molar-refractivity contribution in [2.45, 2.75) is 12.5 Å². The van der Waals surface area contributed by atoms with Crippen molar-refractivity contribution in [2.75, 3.05) is 13.2 Å². The summed E-state index contributed by atoms with van der Waals surface area (Å²) in [4.78, 5) is 11.9. The fourth-order valence-corrected chi connectivity index (χ4v) is 2.22. The van der Waals surface area contributed by atoms with E-state index in [-0.39, 0.29) is 30.0 Å². The molecule has 2 unspecified atom stereocenters. The lowest BCUT2D eigenvalue weighted by Gasteiger charge is -2.12. The summed E-state index contributed by atoms with van der Waals surface area (Å²) in [6.45, 7) is 0.747. The first-order valence-corrected chi connectivity index (χ1v) is 6.17. The molecule has 1 saturated heterocycles. The summed E-state index contributed by atoms with van der Waals surface area (Å²) in [7, 11) is 0. The Balaban J connectivity index is 2.07. The van der Waals surface area contributed by atoms with E-state index < -0.39 is 0 Å². The van der Waals surface area contributed by atoms with Gasteiger partial charge in [0.25, 0.3) is 0 Å². The van der Waals surface area contributed by atoms with E-state index in [9.17, 15) is 9.18 Å². The summed E-state index contributed by atoms with van der Waals surface area (Å²) in [5.74, 6) is -0.741. The molecule has 0 saturated carbocycles. The van der Waals surface area contributed by atoms with Gasteiger partial charge in [-0.15, -0.1) is 0 Å². The normalized spacial score (nSPS) is 23.9.